The van der Waals surface area contributed by atoms with Crippen molar-refractivity contribution in [2.45, 2.75) is 26.4 Å². The van der Waals surface area contributed by atoms with E-state index in [2.05, 4.69) is 74.0 Å². The zero-order valence-corrected chi connectivity index (χ0v) is 12.7. The largest absolute Gasteiger partial charge is 0.346 e. The van der Waals surface area contributed by atoms with Gasteiger partial charge in [-0.15, -0.1) is 0 Å². The molecule has 0 fully saturated rings. The Kier molecular flexibility index (Phi) is 4.27. The van der Waals surface area contributed by atoms with Crippen LogP contribution in [0.4, 0.5) is 0 Å². The van der Waals surface area contributed by atoms with Crippen LogP contribution in [0.25, 0.3) is 10.9 Å². The highest BCUT2D eigenvalue weighted by atomic mass is 15.1. The Balaban J connectivity index is 2.13. The van der Waals surface area contributed by atoms with E-state index in [0.717, 1.165) is 13.1 Å². The molecule has 0 saturated carbocycles. The predicted octanol–water partition coefficient (Wildman–Crippen LogP) is 2.53. The van der Waals surface area contributed by atoms with Crippen molar-refractivity contribution in [1.82, 2.24) is 14.8 Å². The Bertz CT molecular complexity index is 515. The number of aryl methyl sites for hydroxylation is 2. The Morgan fingerprint density at radius 2 is 1.95 bits per heavy atom. The molecule has 0 aliphatic carbocycles. The first kappa shape index (κ1) is 14.1. The van der Waals surface area contributed by atoms with Crippen molar-refractivity contribution in [2.24, 2.45) is 7.05 Å². The normalized spacial score (nSPS) is 13.4. The maximum atomic E-state index is 3.56. The fourth-order valence-corrected chi connectivity index (χ4v) is 2.47. The van der Waals surface area contributed by atoms with Crippen LogP contribution in [0.5, 0.6) is 0 Å². The fourth-order valence-electron chi connectivity index (χ4n) is 2.47. The van der Waals surface area contributed by atoms with E-state index in [1.54, 1.807) is 0 Å². The van der Waals surface area contributed by atoms with Crippen LogP contribution in [0.3, 0.4) is 0 Å². The van der Waals surface area contributed by atoms with Crippen LogP contribution in [0.1, 0.15) is 18.2 Å². The molecule has 104 valence electrons. The van der Waals surface area contributed by atoms with Gasteiger partial charge in [0.25, 0.3) is 0 Å². The van der Waals surface area contributed by atoms with Crippen molar-refractivity contribution in [3.63, 3.8) is 0 Å². The monoisotopic (exact) mass is 259 g/mol. The summed E-state index contributed by atoms with van der Waals surface area (Å²) in [6.45, 7) is 6.39. The van der Waals surface area contributed by atoms with Crippen LogP contribution in [0.2, 0.25) is 0 Å². The van der Waals surface area contributed by atoms with Crippen LogP contribution in [-0.4, -0.2) is 36.1 Å². The van der Waals surface area contributed by atoms with Gasteiger partial charge in [-0.2, -0.15) is 0 Å². The Labute approximate surface area is 116 Å². The lowest BCUT2D eigenvalue weighted by molar-refractivity contribution is 0.302. The number of aromatic nitrogens is 1. The summed E-state index contributed by atoms with van der Waals surface area (Å²) < 4.78 is 2.30. The average molecular weight is 259 g/mol. The second kappa shape index (κ2) is 5.76. The molecule has 1 aromatic heterocycles. The quantitative estimate of drug-likeness (QED) is 0.890. The van der Waals surface area contributed by atoms with Gasteiger partial charge >= 0.3 is 0 Å². The molecule has 1 unspecified atom stereocenters. The SMILES string of the molecule is Cc1c(CNCC(C)N(C)C)n(C)c2ccccc12. The summed E-state index contributed by atoms with van der Waals surface area (Å²) >= 11 is 0. The van der Waals surface area contributed by atoms with Crippen LogP contribution in [0, 0.1) is 6.92 Å². The lowest BCUT2D eigenvalue weighted by Gasteiger charge is -2.20. The summed E-state index contributed by atoms with van der Waals surface area (Å²) in [5.74, 6) is 0. The van der Waals surface area contributed by atoms with E-state index >= 15 is 0 Å². The zero-order valence-electron chi connectivity index (χ0n) is 12.7. The van der Waals surface area contributed by atoms with Gasteiger partial charge in [-0.3, -0.25) is 0 Å². The molecule has 3 heteroatoms. The highest BCUT2D eigenvalue weighted by Crippen LogP contribution is 2.24. The predicted molar refractivity (Wildman–Crippen MR) is 82.5 cm³/mol. The standard InChI is InChI=1S/C16H25N3/c1-12(18(3)4)10-17-11-16-13(2)14-8-6-7-9-15(14)19(16)5/h6-9,12,17H,10-11H2,1-5H3. The Morgan fingerprint density at radius 1 is 1.26 bits per heavy atom. The molecule has 1 atom stereocenters. The molecule has 0 spiro atoms. The van der Waals surface area contributed by atoms with Gasteiger partial charge in [-0.1, -0.05) is 18.2 Å². The van der Waals surface area contributed by atoms with E-state index in [1.807, 2.05) is 0 Å². The van der Waals surface area contributed by atoms with E-state index in [-0.39, 0.29) is 0 Å². The van der Waals surface area contributed by atoms with Crippen LogP contribution in [0.15, 0.2) is 24.3 Å². The minimum Gasteiger partial charge on any atom is -0.346 e. The number of fused-ring (bicyclic) bond motifs is 1. The number of hydrogen-bond donors (Lipinski definition) is 1. The molecular formula is C16H25N3. The number of rotatable bonds is 5. The average Bonchev–Trinajstić information content (AvgIpc) is 2.64. The van der Waals surface area contributed by atoms with Gasteiger partial charge in [0, 0.05) is 42.8 Å². The summed E-state index contributed by atoms with van der Waals surface area (Å²) in [4.78, 5) is 2.24. The summed E-state index contributed by atoms with van der Waals surface area (Å²) in [6.07, 6.45) is 0. The van der Waals surface area contributed by atoms with E-state index in [4.69, 9.17) is 0 Å². The van der Waals surface area contributed by atoms with Gasteiger partial charge in [-0.05, 0) is 39.6 Å². The molecule has 0 radical (unpaired) electrons. The summed E-state index contributed by atoms with van der Waals surface area (Å²) in [7, 11) is 6.39. The number of nitrogens with one attached hydrogen (secondary N) is 1. The first-order valence-corrected chi connectivity index (χ1v) is 6.92. The Morgan fingerprint density at radius 3 is 2.58 bits per heavy atom. The van der Waals surface area contributed by atoms with E-state index in [9.17, 15) is 0 Å². The minimum absolute atomic E-state index is 0.551. The highest BCUT2D eigenvalue weighted by molar-refractivity contribution is 5.85. The maximum absolute atomic E-state index is 3.56. The van der Waals surface area contributed by atoms with Gasteiger partial charge in [0.15, 0.2) is 0 Å². The minimum atomic E-state index is 0.551. The number of nitrogens with zero attached hydrogens (tertiary/aromatic N) is 2. The molecule has 0 aliphatic heterocycles. The number of likely N-dealkylation sites (N-methyl/N-ethyl adjacent to an activating group) is 1. The van der Waals surface area contributed by atoms with Crippen LogP contribution < -0.4 is 5.32 Å². The molecule has 0 aliphatic rings. The molecule has 0 amide bonds. The number of benzene rings is 1. The summed E-state index contributed by atoms with van der Waals surface area (Å²) in [5.41, 5.74) is 4.09. The lowest BCUT2D eigenvalue weighted by atomic mass is 10.1. The molecule has 3 nitrogen and oxygen atoms in total. The first-order chi connectivity index (χ1) is 9.02. The van der Waals surface area contributed by atoms with Gasteiger partial charge < -0.3 is 14.8 Å². The smallest absolute Gasteiger partial charge is 0.0483 e. The molecule has 0 saturated heterocycles. The molecule has 2 aromatic rings. The van der Waals surface area contributed by atoms with Crippen molar-refractivity contribution in [3.8, 4) is 0 Å². The number of para-hydroxylation sites is 1. The molecule has 2 rings (SSSR count). The van der Waals surface area contributed by atoms with Gasteiger partial charge in [-0.25, -0.2) is 0 Å². The van der Waals surface area contributed by atoms with Crippen LogP contribution >= 0.6 is 0 Å². The van der Waals surface area contributed by atoms with Gasteiger partial charge in [0.1, 0.15) is 0 Å². The number of hydrogen-bond acceptors (Lipinski definition) is 2. The second-order valence-electron chi connectivity index (χ2n) is 5.59. The zero-order chi connectivity index (χ0) is 14.0. The fraction of sp³-hybridized carbons (Fsp3) is 0.500. The second-order valence-corrected chi connectivity index (χ2v) is 5.59. The highest BCUT2D eigenvalue weighted by Gasteiger charge is 2.11. The van der Waals surface area contributed by atoms with Crippen molar-refractivity contribution in [1.29, 1.82) is 0 Å². The maximum Gasteiger partial charge on any atom is 0.0483 e. The third-order valence-electron chi connectivity index (χ3n) is 4.12. The van der Waals surface area contributed by atoms with Crippen molar-refractivity contribution < 1.29 is 0 Å². The van der Waals surface area contributed by atoms with E-state index in [0.29, 0.717) is 6.04 Å². The summed E-state index contributed by atoms with van der Waals surface area (Å²) in [6, 6.07) is 9.16. The lowest BCUT2D eigenvalue weighted by Crippen LogP contribution is -2.35. The van der Waals surface area contributed by atoms with Crippen molar-refractivity contribution in [3.05, 3.63) is 35.5 Å². The van der Waals surface area contributed by atoms with Crippen molar-refractivity contribution in [2.75, 3.05) is 20.6 Å². The third-order valence-corrected chi connectivity index (χ3v) is 4.12. The molecular weight excluding hydrogens is 234 g/mol. The van der Waals surface area contributed by atoms with Crippen molar-refractivity contribution >= 4 is 10.9 Å². The molecule has 1 heterocycles. The van der Waals surface area contributed by atoms with E-state index in [1.165, 1.54) is 22.2 Å². The summed E-state index contributed by atoms with van der Waals surface area (Å²) in [5, 5.41) is 4.93. The van der Waals surface area contributed by atoms with E-state index < -0.39 is 0 Å². The molecule has 0 bridgehead atoms. The molecule has 1 N–H and O–H groups in total. The van der Waals surface area contributed by atoms with Crippen LogP contribution in [-0.2, 0) is 13.6 Å². The Hall–Kier alpha value is -1.32. The van der Waals surface area contributed by atoms with Gasteiger partial charge in [0.05, 0.1) is 0 Å². The molecule has 1 aromatic carbocycles. The molecule has 19 heavy (non-hydrogen) atoms. The van der Waals surface area contributed by atoms with Gasteiger partial charge in [0.2, 0.25) is 0 Å². The topological polar surface area (TPSA) is 20.2 Å². The first-order valence-electron chi connectivity index (χ1n) is 6.92. The third kappa shape index (κ3) is 2.82.